The number of aromatic nitrogens is 1. The Balaban J connectivity index is 0.000000360. The van der Waals surface area contributed by atoms with E-state index >= 15 is 0 Å². The topological polar surface area (TPSA) is 12.9 Å². The highest BCUT2D eigenvalue weighted by Crippen LogP contribution is 1.98. The van der Waals surface area contributed by atoms with Crippen molar-refractivity contribution in [1.82, 2.24) is 4.98 Å². The molecule has 0 bridgehead atoms. The van der Waals surface area contributed by atoms with Crippen LogP contribution in [-0.4, -0.2) is 13.4 Å². The SMILES string of the molecule is Cc1nccs1.[B]. The molecule has 0 N–H and O–H groups in total. The molecule has 0 amide bonds. The Labute approximate surface area is 49.0 Å². The van der Waals surface area contributed by atoms with Crippen molar-refractivity contribution in [2.24, 2.45) is 0 Å². The Bertz CT molecular complexity index is 115. The van der Waals surface area contributed by atoms with Gasteiger partial charge in [0.2, 0.25) is 0 Å². The van der Waals surface area contributed by atoms with Gasteiger partial charge in [-0.2, -0.15) is 0 Å². The van der Waals surface area contributed by atoms with E-state index in [0.29, 0.717) is 0 Å². The summed E-state index contributed by atoms with van der Waals surface area (Å²) in [5.41, 5.74) is 0. The third-order valence-corrected chi connectivity index (χ3v) is 1.26. The van der Waals surface area contributed by atoms with E-state index in [4.69, 9.17) is 0 Å². The molecule has 0 aliphatic rings. The first-order valence-electron chi connectivity index (χ1n) is 1.75. The fraction of sp³-hybridized carbons (Fsp3) is 0.250. The summed E-state index contributed by atoms with van der Waals surface area (Å²) >= 11 is 1.67. The quantitative estimate of drug-likeness (QED) is 0.455. The van der Waals surface area contributed by atoms with Crippen molar-refractivity contribution < 1.29 is 0 Å². The highest BCUT2D eigenvalue weighted by atomic mass is 32.1. The van der Waals surface area contributed by atoms with Crippen molar-refractivity contribution in [2.75, 3.05) is 0 Å². The molecule has 0 aliphatic carbocycles. The lowest BCUT2D eigenvalue weighted by atomic mass is 10.8. The van der Waals surface area contributed by atoms with Crippen molar-refractivity contribution in [2.45, 2.75) is 6.92 Å². The van der Waals surface area contributed by atoms with Crippen LogP contribution in [0.3, 0.4) is 0 Å². The van der Waals surface area contributed by atoms with E-state index in [9.17, 15) is 0 Å². The van der Waals surface area contributed by atoms with Crippen LogP contribution in [0, 0.1) is 6.92 Å². The van der Waals surface area contributed by atoms with Gasteiger partial charge in [-0.3, -0.25) is 4.98 Å². The van der Waals surface area contributed by atoms with Crippen LogP contribution in [0.4, 0.5) is 0 Å². The van der Waals surface area contributed by atoms with Crippen molar-refractivity contribution in [3.8, 4) is 0 Å². The molecular formula is C4H5BNS. The Hall–Kier alpha value is -0.305. The summed E-state index contributed by atoms with van der Waals surface area (Å²) in [7, 11) is 0. The van der Waals surface area contributed by atoms with Gasteiger partial charge in [-0.25, -0.2) is 0 Å². The average Bonchev–Trinajstić information content (AvgIpc) is 1.86. The summed E-state index contributed by atoms with van der Waals surface area (Å²) in [6, 6.07) is 0. The van der Waals surface area contributed by atoms with Gasteiger partial charge in [-0.15, -0.1) is 11.3 Å². The normalized spacial score (nSPS) is 7.57. The Morgan fingerprint density at radius 2 is 2.43 bits per heavy atom. The maximum atomic E-state index is 3.94. The molecule has 0 aromatic carbocycles. The van der Waals surface area contributed by atoms with Gasteiger partial charge in [0.25, 0.3) is 0 Å². The highest BCUT2D eigenvalue weighted by Gasteiger charge is 1.76. The Kier molecular flexibility index (Phi) is 2.68. The number of rotatable bonds is 0. The molecule has 1 nitrogen and oxygen atoms in total. The lowest BCUT2D eigenvalue weighted by molar-refractivity contribution is 1.30. The van der Waals surface area contributed by atoms with E-state index in [1.54, 1.807) is 17.5 Å². The van der Waals surface area contributed by atoms with Crippen LogP contribution in [0.25, 0.3) is 0 Å². The number of hydrogen-bond donors (Lipinski definition) is 0. The molecular weight excluding hydrogens is 105 g/mol. The van der Waals surface area contributed by atoms with E-state index in [1.807, 2.05) is 12.3 Å². The van der Waals surface area contributed by atoms with E-state index in [2.05, 4.69) is 4.98 Å². The molecule has 0 saturated carbocycles. The molecule has 1 rings (SSSR count). The predicted molar refractivity (Wildman–Crippen MR) is 32.6 cm³/mol. The minimum absolute atomic E-state index is 0. The standard InChI is InChI=1S/C4H5NS.B/c1-4-5-2-3-6-4;/h2-3H,1H3;. The van der Waals surface area contributed by atoms with E-state index in [-0.39, 0.29) is 8.41 Å². The van der Waals surface area contributed by atoms with Gasteiger partial charge >= 0.3 is 0 Å². The highest BCUT2D eigenvalue weighted by molar-refractivity contribution is 7.09. The maximum absolute atomic E-state index is 3.94. The molecule has 0 fully saturated rings. The summed E-state index contributed by atoms with van der Waals surface area (Å²) in [6.07, 6.45) is 1.81. The zero-order valence-corrected chi connectivity index (χ0v) is 4.90. The summed E-state index contributed by atoms with van der Waals surface area (Å²) in [5, 5.41) is 3.10. The molecule has 0 aliphatic heterocycles. The van der Waals surface area contributed by atoms with Gasteiger partial charge in [0.1, 0.15) is 0 Å². The molecule has 0 spiro atoms. The first-order valence-corrected chi connectivity index (χ1v) is 2.63. The molecule has 7 heavy (non-hydrogen) atoms. The number of thiazole rings is 1. The first kappa shape index (κ1) is 6.69. The van der Waals surface area contributed by atoms with Crippen molar-refractivity contribution in [3.05, 3.63) is 16.6 Å². The molecule has 3 heteroatoms. The lowest BCUT2D eigenvalue weighted by Gasteiger charge is -1.65. The molecule has 35 valence electrons. The molecule has 0 atom stereocenters. The van der Waals surface area contributed by atoms with Gasteiger partial charge < -0.3 is 0 Å². The lowest BCUT2D eigenvalue weighted by Crippen LogP contribution is -1.56. The molecule has 0 saturated heterocycles. The summed E-state index contributed by atoms with van der Waals surface area (Å²) in [5.74, 6) is 0. The fourth-order valence-electron chi connectivity index (χ4n) is 0.295. The minimum atomic E-state index is 0. The van der Waals surface area contributed by atoms with Crippen molar-refractivity contribution >= 4 is 19.7 Å². The molecule has 1 aromatic heterocycles. The zero-order valence-electron chi connectivity index (χ0n) is 4.09. The van der Waals surface area contributed by atoms with Crippen LogP contribution in [0.5, 0.6) is 0 Å². The van der Waals surface area contributed by atoms with E-state index in [0.717, 1.165) is 5.01 Å². The van der Waals surface area contributed by atoms with E-state index in [1.165, 1.54) is 0 Å². The third kappa shape index (κ3) is 1.73. The Morgan fingerprint density at radius 3 is 2.57 bits per heavy atom. The van der Waals surface area contributed by atoms with Gasteiger partial charge in [0.05, 0.1) is 5.01 Å². The Morgan fingerprint density at radius 1 is 1.71 bits per heavy atom. The predicted octanol–water partition coefficient (Wildman–Crippen LogP) is 1.07. The number of hydrogen-bond acceptors (Lipinski definition) is 2. The van der Waals surface area contributed by atoms with Crippen LogP contribution in [0.1, 0.15) is 5.01 Å². The zero-order chi connectivity index (χ0) is 4.41. The number of aryl methyl sites for hydroxylation is 1. The smallest absolute Gasteiger partial charge is 0.0893 e. The van der Waals surface area contributed by atoms with E-state index < -0.39 is 0 Å². The van der Waals surface area contributed by atoms with Crippen LogP contribution >= 0.6 is 11.3 Å². The molecule has 1 heterocycles. The van der Waals surface area contributed by atoms with Gasteiger partial charge in [0.15, 0.2) is 0 Å². The fourth-order valence-corrected chi connectivity index (χ4v) is 0.735. The van der Waals surface area contributed by atoms with Crippen LogP contribution in [-0.2, 0) is 0 Å². The average molecular weight is 110 g/mol. The van der Waals surface area contributed by atoms with Crippen molar-refractivity contribution in [1.29, 1.82) is 0 Å². The monoisotopic (exact) mass is 110 g/mol. The second kappa shape index (κ2) is 2.80. The molecule has 0 unspecified atom stereocenters. The minimum Gasteiger partial charge on any atom is -0.250 e. The maximum Gasteiger partial charge on any atom is 0.0893 e. The number of nitrogens with zero attached hydrogens (tertiary/aromatic N) is 1. The third-order valence-electron chi connectivity index (χ3n) is 0.556. The van der Waals surface area contributed by atoms with Gasteiger partial charge in [0, 0.05) is 20.0 Å². The largest absolute Gasteiger partial charge is 0.250 e. The molecule has 3 radical (unpaired) electrons. The second-order valence-corrected chi connectivity index (χ2v) is 2.15. The summed E-state index contributed by atoms with van der Waals surface area (Å²) in [6.45, 7) is 1.99. The van der Waals surface area contributed by atoms with Crippen LogP contribution in [0.2, 0.25) is 0 Å². The van der Waals surface area contributed by atoms with Gasteiger partial charge in [-0.1, -0.05) is 0 Å². The second-order valence-electron chi connectivity index (χ2n) is 1.05. The molecule has 1 aromatic rings. The van der Waals surface area contributed by atoms with Crippen molar-refractivity contribution in [3.63, 3.8) is 0 Å². The van der Waals surface area contributed by atoms with Crippen LogP contribution < -0.4 is 0 Å². The summed E-state index contributed by atoms with van der Waals surface area (Å²) < 4.78 is 0. The van der Waals surface area contributed by atoms with Gasteiger partial charge in [-0.05, 0) is 6.92 Å². The van der Waals surface area contributed by atoms with Crippen LogP contribution in [0.15, 0.2) is 11.6 Å². The summed E-state index contributed by atoms with van der Waals surface area (Å²) in [4.78, 5) is 3.94. The first-order chi connectivity index (χ1) is 2.89.